The molecular weight excluding hydrogens is 264 g/mol. The number of benzene rings is 1. The molecule has 1 aromatic heterocycles. The Morgan fingerprint density at radius 2 is 2.10 bits per heavy atom. The van der Waals surface area contributed by atoms with Crippen molar-refractivity contribution in [2.75, 3.05) is 7.11 Å². The summed E-state index contributed by atoms with van der Waals surface area (Å²) in [6, 6.07) is 8.22. The van der Waals surface area contributed by atoms with E-state index in [1.54, 1.807) is 7.11 Å². The van der Waals surface area contributed by atoms with E-state index in [0.29, 0.717) is 0 Å². The first-order chi connectivity index (χ1) is 10.3. The number of nitrogens with zero attached hydrogens (tertiary/aromatic N) is 1. The summed E-state index contributed by atoms with van der Waals surface area (Å²) in [4.78, 5) is 4.02. The Hall–Kier alpha value is -2.07. The number of rotatable bonds is 5. The molecule has 0 saturated heterocycles. The molecule has 3 rings (SSSR count). The molecule has 0 saturated carbocycles. The van der Waals surface area contributed by atoms with E-state index >= 15 is 0 Å². The fraction of sp³-hybridized carbons (Fsp3) is 0.353. The van der Waals surface area contributed by atoms with Crippen molar-refractivity contribution in [3.63, 3.8) is 0 Å². The standard InChI is InChI=1S/C17H20N2O2/c1-12-7-14-8-16(20-2)15(9-17(14)21-12)11-19-10-13-3-5-18-6-4-13/h3-6,8-9,12,19H,7,10-11H2,1-2H3. The van der Waals surface area contributed by atoms with Crippen molar-refractivity contribution in [3.05, 3.63) is 53.3 Å². The molecule has 0 radical (unpaired) electrons. The summed E-state index contributed by atoms with van der Waals surface area (Å²) in [5, 5.41) is 3.43. The van der Waals surface area contributed by atoms with Crippen LogP contribution in [-0.4, -0.2) is 18.2 Å². The van der Waals surface area contributed by atoms with Gasteiger partial charge in [-0.3, -0.25) is 4.98 Å². The Morgan fingerprint density at radius 3 is 2.86 bits per heavy atom. The van der Waals surface area contributed by atoms with Crippen LogP contribution in [-0.2, 0) is 19.5 Å². The van der Waals surface area contributed by atoms with Gasteiger partial charge in [0.05, 0.1) is 7.11 Å². The van der Waals surface area contributed by atoms with Crippen LogP contribution in [0.25, 0.3) is 0 Å². The lowest BCUT2D eigenvalue weighted by molar-refractivity contribution is 0.254. The van der Waals surface area contributed by atoms with E-state index in [1.807, 2.05) is 24.5 Å². The van der Waals surface area contributed by atoms with E-state index in [1.165, 1.54) is 11.1 Å². The Bertz CT molecular complexity index is 614. The van der Waals surface area contributed by atoms with Gasteiger partial charge < -0.3 is 14.8 Å². The first-order valence-corrected chi connectivity index (χ1v) is 7.22. The van der Waals surface area contributed by atoms with Crippen molar-refractivity contribution in [3.8, 4) is 11.5 Å². The van der Waals surface area contributed by atoms with Crippen molar-refractivity contribution in [1.29, 1.82) is 0 Å². The average Bonchev–Trinajstić information content (AvgIpc) is 2.86. The van der Waals surface area contributed by atoms with Crippen LogP contribution in [0.2, 0.25) is 0 Å². The highest BCUT2D eigenvalue weighted by atomic mass is 16.5. The van der Waals surface area contributed by atoms with Crippen LogP contribution >= 0.6 is 0 Å². The highest BCUT2D eigenvalue weighted by Crippen LogP contribution is 2.34. The van der Waals surface area contributed by atoms with Gasteiger partial charge in [-0.2, -0.15) is 0 Å². The first-order valence-electron chi connectivity index (χ1n) is 7.22. The van der Waals surface area contributed by atoms with Gasteiger partial charge in [-0.05, 0) is 36.8 Å². The van der Waals surface area contributed by atoms with Gasteiger partial charge in [0, 0.05) is 43.0 Å². The Labute approximate surface area is 125 Å². The lowest BCUT2D eigenvalue weighted by Gasteiger charge is -2.12. The zero-order valence-electron chi connectivity index (χ0n) is 12.4. The maximum Gasteiger partial charge on any atom is 0.123 e. The molecule has 4 heteroatoms. The zero-order chi connectivity index (χ0) is 14.7. The molecule has 0 aliphatic carbocycles. The molecule has 4 nitrogen and oxygen atoms in total. The van der Waals surface area contributed by atoms with Crippen molar-refractivity contribution >= 4 is 0 Å². The number of fused-ring (bicyclic) bond motifs is 1. The number of ether oxygens (including phenoxy) is 2. The van der Waals surface area contributed by atoms with E-state index in [2.05, 4.69) is 29.4 Å². The molecule has 1 N–H and O–H groups in total. The van der Waals surface area contributed by atoms with Gasteiger partial charge in [-0.1, -0.05) is 0 Å². The number of pyridine rings is 1. The van der Waals surface area contributed by atoms with Crippen LogP contribution in [0.4, 0.5) is 0 Å². The van der Waals surface area contributed by atoms with E-state index in [4.69, 9.17) is 9.47 Å². The molecule has 1 aromatic carbocycles. The summed E-state index contributed by atoms with van der Waals surface area (Å²) < 4.78 is 11.3. The van der Waals surface area contributed by atoms with Crippen molar-refractivity contribution in [2.24, 2.45) is 0 Å². The SMILES string of the molecule is COc1cc2c(cc1CNCc1ccncc1)OC(C)C2. The van der Waals surface area contributed by atoms with Crippen molar-refractivity contribution in [2.45, 2.75) is 32.5 Å². The van der Waals surface area contributed by atoms with Gasteiger partial charge >= 0.3 is 0 Å². The van der Waals surface area contributed by atoms with Crippen molar-refractivity contribution < 1.29 is 9.47 Å². The quantitative estimate of drug-likeness (QED) is 0.917. The number of hydrogen-bond acceptors (Lipinski definition) is 4. The van der Waals surface area contributed by atoms with Crippen molar-refractivity contribution in [1.82, 2.24) is 10.3 Å². The minimum atomic E-state index is 0.254. The lowest BCUT2D eigenvalue weighted by atomic mass is 10.1. The molecule has 21 heavy (non-hydrogen) atoms. The number of hydrogen-bond donors (Lipinski definition) is 1. The fourth-order valence-corrected chi connectivity index (χ4v) is 2.65. The van der Waals surface area contributed by atoms with Crippen LogP contribution in [0.5, 0.6) is 11.5 Å². The molecule has 110 valence electrons. The van der Waals surface area contributed by atoms with Gasteiger partial charge in [0.1, 0.15) is 17.6 Å². The summed E-state index contributed by atoms with van der Waals surface area (Å²) >= 11 is 0. The summed E-state index contributed by atoms with van der Waals surface area (Å²) in [6.45, 7) is 3.64. The second kappa shape index (κ2) is 6.14. The molecule has 1 aliphatic rings. The monoisotopic (exact) mass is 284 g/mol. The van der Waals surface area contributed by atoms with Gasteiger partial charge in [0.25, 0.3) is 0 Å². The normalized spacial score (nSPS) is 16.4. The minimum absolute atomic E-state index is 0.254. The molecule has 1 unspecified atom stereocenters. The second-order valence-electron chi connectivity index (χ2n) is 5.36. The van der Waals surface area contributed by atoms with Crippen LogP contribution in [0.3, 0.4) is 0 Å². The highest BCUT2D eigenvalue weighted by Gasteiger charge is 2.21. The Morgan fingerprint density at radius 1 is 1.29 bits per heavy atom. The van der Waals surface area contributed by atoms with Crippen LogP contribution in [0.15, 0.2) is 36.7 Å². The number of methoxy groups -OCH3 is 1. The van der Waals surface area contributed by atoms with Gasteiger partial charge in [-0.15, -0.1) is 0 Å². The third-order valence-electron chi connectivity index (χ3n) is 3.69. The Balaban J connectivity index is 1.69. The van der Waals surface area contributed by atoms with E-state index in [-0.39, 0.29) is 6.10 Å². The summed E-state index contributed by atoms with van der Waals surface area (Å²) in [6.07, 6.45) is 4.82. The van der Waals surface area contributed by atoms with E-state index < -0.39 is 0 Å². The lowest BCUT2D eigenvalue weighted by Crippen LogP contribution is -2.13. The largest absolute Gasteiger partial charge is 0.496 e. The summed E-state index contributed by atoms with van der Waals surface area (Å²) in [5.41, 5.74) is 3.58. The Kier molecular flexibility index (Phi) is 4.06. The average molecular weight is 284 g/mol. The maximum atomic E-state index is 5.82. The molecule has 2 heterocycles. The molecule has 0 bridgehead atoms. The number of aromatic nitrogens is 1. The maximum absolute atomic E-state index is 5.82. The fourth-order valence-electron chi connectivity index (χ4n) is 2.65. The predicted molar refractivity (Wildman–Crippen MR) is 81.6 cm³/mol. The topological polar surface area (TPSA) is 43.4 Å². The molecule has 1 atom stereocenters. The molecular formula is C17H20N2O2. The molecule has 0 amide bonds. The molecule has 0 fully saturated rings. The minimum Gasteiger partial charge on any atom is -0.496 e. The van der Waals surface area contributed by atoms with Gasteiger partial charge in [0.15, 0.2) is 0 Å². The third-order valence-corrected chi connectivity index (χ3v) is 3.69. The van der Waals surface area contributed by atoms with Crippen LogP contribution < -0.4 is 14.8 Å². The smallest absolute Gasteiger partial charge is 0.123 e. The first kappa shape index (κ1) is 13.9. The van der Waals surface area contributed by atoms with Gasteiger partial charge in [0.2, 0.25) is 0 Å². The summed E-state index contributed by atoms with van der Waals surface area (Å²) in [5.74, 6) is 1.91. The summed E-state index contributed by atoms with van der Waals surface area (Å²) in [7, 11) is 1.72. The predicted octanol–water partition coefficient (Wildman–Crippen LogP) is 2.70. The van der Waals surface area contributed by atoms with Gasteiger partial charge in [-0.25, -0.2) is 0 Å². The zero-order valence-corrected chi connectivity index (χ0v) is 12.4. The number of nitrogens with one attached hydrogen (secondary N) is 1. The van der Waals surface area contributed by atoms with Crippen LogP contribution in [0, 0.1) is 0 Å². The third kappa shape index (κ3) is 3.16. The van der Waals surface area contributed by atoms with Crippen LogP contribution in [0.1, 0.15) is 23.6 Å². The van der Waals surface area contributed by atoms with E-state index in [9.17, 15) is 0 Å². The molecule has 2 aromatic rings. The molecule has 0 spiro atoms. The molecule has 1 aliphatic heterocycles. The van der Waals surface area contributed by atoms with E-state index in [0.717, 1.165) is 36.6 Å². The second-order valence-corrected chi connectivity index (χ2v) is 5.36. The highest BCUT2D eigenvalue weighted by molar-refractivity contribution is 5.48.